The molecule has 1 aliphatic rings. The van der Waals surface area contributed by atoms with Crippen molar-refractivity contribution in [3.05, 3.63) is 23.8 Å². The average molecular weight is 266 g/mol. The van der Waals surface area contributed by atoms with Crippen molar-refractivity contribution in [2.75, 3.05) is 6.61 Å². The van der Waals surface area contributed by atoms with E-state index in [0.717, 1.165) is 5.56 Å². The molecule has 0 spiro atoms. The third-order valence-electron chi connectivity index (χ3n) is 2.57. The van der Waals surface area contributed by atoms with Gasteiger partial charge in [0.1, 0.15) is 23.2 Å². The molecule has 1 aliphatic heterocycles. The largest absolute Gasteiger partial charge is 0.514 e. The third-order valence-corrected chi connectivity index (χ3v) is 2.57. The number of carbonyl (C=O) groups excluding carboxylic acids is 1. The Balaban J connectivity index is 2.02. The molecule has 5 heteroatoms. The molecule has 0 saturated heterocycles. The fraction of sp³-hybridized carbons (Fsp3) is 0.500. The highest BCUT2D eigenvalue weighted by atomic mass is 16.7. The zero-order valence-electron chi connectivity index (χ0n) is 11.3. The Kier molecular flexibility index (Phi) is 3.66. The van der Waals surface area contributed by atoms with Gasteiger partial charge in [0, 0.05) is 12.5 Å². The fourth-order valence-corrected chi connectivity index (χ4v) is 1.81. The maximum atomic E-state index is 11.5. The van der Waals surface area contributed by atoms with Crippen molar-refractivity contribution in [2.45, 2.75) is 38.9 Å². The number of hydrogen-bond acceptors (Lipinski definition) is 5. The topological polar surface area (TPSA) is 65.0 Å². The van der Waals surface area contributed by atoms with Crippen LogP contribution in [0.2, 0.25) is 0 Å². The van der Waals surface area contributed by atoms with E-state index in [4.69, 9.17) is 19.3 Å². The van der Waals surface area contributed by atoms with Gasteiger partial charge in [0.15, 0.2) is 0 Å². The zero-order chi connectivity index (χ0) is 14.0. The second-order valence-electron chi connectivity index (χ2n) is 5.46. The summed E-state index contributed by atoms with van der Waals surface area (Å²) in [5.74, 6) is 1.01. The van der Waals surface area contributed by atoms with Crippen molar-refractivity contribution >= 4 is 6.16 Å². The van der Waals surface area contributed by atoms with Gasteiger partial charge in [-0.3, -0.25) is 0 Å². The molecule has 1 aromatic carbocycles. The molecule has 0 aliphatic carbocycles. The van der Waals surface area contributed by atoms with Gasteiger partial charge in [-0.2, -0.15) is 0 Å². The van der Waals surface area contributed by atoms with E-state index in [2.05, 4.69) is 0 Å². The van der Waals surface area contributed by atoms with Crippen LogP contribution in [0, 0.1) is 0 Å². The van der Waals surface area contributed by atoms with E-state index in [1.165, 1.54) is 0 Å². The average Bonchev–Trinajstić information content (AvgIpc) is 2.68. The Morgan fingerprint density at radius 3 is 2.84 bits per heavy atom. The normalized spacial score (nSPS) is 17.6. The Morgan fingerprint density at radius 1 is 1.47 bits per heavy atom. The molecule has 1 unspecified atom stereocenters. The van der Waals surface area contributed by atoms with Gasteiger partial charge in [-0.05, 0) is 32.4 Å². The predicted octanol–water partition coefficient (Wildman–Crippen LogP) is 2.30. The number of fused-ring (bicyclic) bond motifs is 1. The summed E-state index contributed by atoms with van der Waals surface area (Å²) in [6, 6.07) is 5.14. The molecule has 1 aromatic rings. The standard InChI is InChI=1S/C14H18O5/c1-14(2,3)19-13(16)18-10-5-4-9-6-11(8-15)17-12(9)7-10/h4-5,7,11,15H,6,8H2,1-3H3. The van der Waals surface area contributed by atoms with Crippen LogP contribution < -0.4 is 9.47 Å². The summed E-state index contributed by atoms with van der Waals surface area (Å²) in [5, 5.41) is 9.05. The first-order chi connectivity index (χ1) is 8.87. The molecule has 1 heterocycles. The van der Waals surface area contributed by atoms with Crippen molar-refractivity contribution in [1.82, 2.24) is 0 Å². The smallest absolute Gasteiger partial charge is 0.487 e. The number of aliphatic hydroxyl groups is 1. The molecule has 0 bridgehead atoms. The minimum Gasteiger partial charge on any atom is -0.487 e. The zero-order valence-corrected chi connectivity index (χ0v) is 11.3. The van der Waals surface area contributed by atoms with E-state index in [-0.39, 0.29) is 12.7 Å². The van der Waals surface area contributed by atoms with Crippen molar-refractivity contribution < 1.29 is 24.1 Å². The van der Waals surface area contributed by atoms with Crippen LogP contribution in [0.5, 0.6) is 11.5 Å². The quantitative estimate of drug-likeness (QED) is 0.657. The SMILES string of the molecule is CC(C)(C)OC(=O)Oc1ccc2c(c1)OC(CO)C2. The number of hydrogen-bond donors (Lipinski definition) is 1. The third kappa shape index (κ3) is 3.61. The summed E-state index contributed by atoms with van der Waals surface area (Å²) >= 11 is 0. The molecule has 0 aromatic heterocycles. The first kappa shape index (κ1) is 13.7. The molecule has 19 heavy (non-hydrogen) atoms. The van der Waals surface area contributed by atoms with Gasteiger partial charge in [-0.1, -0.05) is 6.07 Å². The van der Waals surface area contributed by atoms with Crippen LogP contribution >= 0.6 is 0 Å². The van der Waals surface area contributed by atoms with Crippen molar-refractivity contribution in [1.29, 1.82) is 0 Å². The van der Waals surface area contributed by atoms with Crippen molar-refractivity contribution in [2.24, 2.45) is 0 Å². The summed E-state index contributed by atoms with van der Waals surface area (Å²) in [6.45, 7) is 5.28. The minimum absolute atomic E-state index is 0.0308. The van der Waals surface area contributed by atoms with Crippen LogP contribution in [0.25, 0.3) is 0 Å². The van der Waals surface area contributed by atoms with E-state index in [9.17, 15) is 4.79 Å². The lowest BCUT2D eigenvalue weighted by atomic mass is 10.1. The van der Waals surface area contributed by atoms with Crippen LogP contribution in [0.1, 0.15) is 26.3 Å². The highest BCUT2D eigenvalue weighted by Gasteiger charge is 2.23. The molecule has 0 radical (unpaired) electrons. The van der Waals surface area contributed by atoms with E-state index >= 15 is 0 Å². The van der Waals surface area contributed by atoms with E-state index < -0.39 is 11.8 Å². The van der Waals surface area contributed by atoms with Crippen LogP contribution in [-0.4, -0.2) is 29.6 Å². The molecular formula is C14H18O5. The Morgan fingerprint density at radius 2 is 2.21 bits per heavy atom. The fourth-order valence-electron chi connectivity index (χ4n) is 1.81. The number of benzene rings is 1. The van der Waals surface area contributed by atoms with Gasteiger partial charge in [-0.15, -0.1) is 0 Å². The van der Waals surface area contributed by atoms with Gasteiger partial charge < -0.3 is 19.3 Å². The maximum absolute atomic E-state index is 11.5. The lowest BCUT2D eigenvalue weighted by molar-refractivity contribution is 0.0206. The van der Waals surface area contributed by atoms with Gasteiger partial charge in [0.2, 0.25) is 0 Å². The summed E-state index contributed by atoms with van der Waals surface area (Å²) in [6.07, 6.45) is -0.297. The highest BCUT2D eigenvalue weighted by Crippen LogP contribution is 2.32. The Bertz CT molecular complexity index is 475. The van der Waals surface area contributed by atoms with Crippen LogP contribution in [0.15, 0.2) is 18.2 Å². The molecule has 5 nitrogen and oxygen atoms in total. The Labute approximate surface area is 112 Å². The summed E-state index contributed by atoms with van der Waals surface area (Å²) in [5.41, 5.74) is 0.405. The molecular weight excluding hydrogens is 248 g/mol. The van der Waals surface area contributed by atoms with Crippen molar-refractivity contribution in [3.63, 3.8) is 0 Å². The second kappa shape index (κ2) is 5.09. The van der Waals surface area contributed by atoms with E-state index in [0.29, 0.717) is 17.9 Å². The molecule has 1 atom stereocenters. The van der Waals surface area contributed by atoms with Crippen LogP contribution in [0.3, 0.4) is 0 Å². The van der Waals surface area contributed by atoms with Crippen LogP contribution in [-0.2, 0) is 11.2 Å². The Hall–Kier alpha value is -1.75. The van der Waals surface area contributed by atoms with Crippen LogP contribution in [0.4, 0.5) is 4.79 Å². The first-order valence-corrected chi connectivity index (χ1v) is 6.18. The number of rotatable bonds is 2. The number of ether oxygens (including phenoxy) is 3. The molecule has 1 N–H and O–H groups in total. The number of aliphatic hydroxyl groups excluding tert-OH is 1. The molecule has 0 amide bonds. The lowest BCUT2D eigenvalue weighted by Crippen LogP contribution is -2.25. The summed E-state index contributed by atoms with van der Waals surface area (Å²) in [7, 11) is 0. The molecule has 0 fully saturated rings. The van der Waals surface area contributed by atoms with Gasteiger partial charge in [-0.25, -0.2) is 4.79 Å². The minimum atomic E-state index is -0.746. The first-order valence-electron chi connectivity index (χ1n) is 6.18. The van der Waals surface area contributed by atoms with E-state index in [1.54, 1.807) is 32.9 Å². The van der Waals surface area contributed by atoms with Gasteiger partial charge in [0.05, 0.1) is 6.61 Å². The molecule has 0 saturated carbocycles. The van der Waals surface area contributed by atoms with Gasteiger partial charge in [0.25, 0.3) is 0 Å². The number of carbonyl (C=O) groups is 1. The summed E-state index contributed by atoms with van der Waals surface area (Å²) < 4.78 is 15.6. The maximum Gasteiger partial charge on any atom is 0.514 e. The predicted molar refractivity (Wildman–Crippen MR) is 68.5 cm³/mol. The lowest BCUT2D eigenvalue weighted by Gasteiger charge is -2.18. The molecule has 104 valence electrons. The van der Waals surface area contributed by atoms with E-state index in [1.807, 2.05) is 6.07 Å². The molecule has 2 rings (SSSR count). The highest BCUT2D eigenvalue weighted by molar-refractivity contribution is 5.64. The van der Waals surface area contributed by atoms with Gasteiger partial charge >= 0.3 is 6.16 Å². The van der Waals surface area contributed by atoms with Crippen molar-refractivity contribution in [3.8, 4) is 11.5 Å². The monoisotopic (exact) mass is 266 g/mol. The second-order valence-corrected chi connectivity index (χ2v) is 5.46. The summed E-state index contributed by atoms with van der Waals surface area (Å²) in [4.78, 5) is 11.5.